The Kier molecular flexibility index (Phi) is 11.5. The van der Waals surface area contributed by atoms with Crippen LogP contribution in [0.1, 0.15) is 60.3 Å². The minimum absolute atomic E-state index is 0.0106. The summed E-state index contributed by atoms with van der Waals surface area (Å²) in [7, 11) is -2.48. The normalized spacial score (nSPS) is 13.1. The third kappa shape index (κ3) is 7.52. The minimum atomic E-state index is -2.48. The van der Waals surface area contributed by atoms with E-state index < -0.39 is 8.32 Å². The molecule has 0 aromatic heterocycles. The fourth-order valence-electron chi connectivity index (χ4n) is 4.37. The number of allylic oxidation sites excluding steroid dienone is 3. The number of hydrogen-bond donors (Lipinski definition) is 0. The summed E-state index contributed by atoms with van der Waals surface area (Å²) in [5.41, 5.74) is 1.38. The first kappa shape index (κ1) is 28.3. The maximum atomic E-state index is 11.7. The van der Waals surface area contributed by atoms with Gasteiger partial charge in [0, 0.05) is 6.61 Å². The van der Waals surface area contributed by atoms with Crippen LogP contribution in [0.15, 0.2) is 82.9 Å². The molecule has 0 aliphatic rings. The van der Waals surface area contributed by atoms with Crippen LogP contribution in [0.5, 0.6) is 0 Å². The standard InChI is InChI=1S/C29H39BrO3Si/c1-6-24(16-14-22-27(30)28(31)32-7-2)17-15-23-33-34(29(3,4)5,25-18-10-8-11-19-25)26-20-12-9-13-21-26/h6,8-13,18-22H,7,14-17,23H2,1-5H3/b24-6-,27-22-. The molecule has 2 rings (SSSR count). The molecule has 0 radical (unpaired) electrons. The smallest absolute Gasteiger partial charge is 0.344 e. The average Bonchev–Trinajstić information content (AvgIpc) is 2.83. The predicted molar refractivity (Wildman–Crippen MR) is 149 cm³/mol. The van der Waals surface area contributed by atoms with Gasteiger partial charge in [-0.2, -0.15) is 0 Å². The van der Waals surface area contributed by atoms with Crippen LogP contribution in [0, 0.1) is 0 Å². The van der Waals surface area contributed by atoms with Crippen molar-refractivity contribution in [3.8, 4) is 0 Å². The van der Waals surface area contributed by atoms with Crippen LogP contribution >= 0.6 is 15.9 Å². The van der Waals surface area contributed by atoms with E-state index in [0.29, 0.717) is 17.7 Å². The van der Waals surface area contributed by atoms with E-state index in [1.807, 2.05) is 13.0 Å². The second-order valence-electron chi connectivity index (χ2n) is 9.37. The van der Waals surface area contributed by atoms with Crippen molar-refractivity contribution in [3.05, 3.63) is 82.9 Å². The van der Waals surface area contributed by atoms with Crippen LogP contribution in [0.25, 0.3) is 0 Å². The lowest BCUT2D eigenvalue weighted by atomic mass is 10.0. The van der Waals surface area contributed by atoms with Crippen molar-refractivity contribution in [2.45, 2.75) is 65.3 Å². The molecule has 0 heterocycles. The van der Waals surface area contributed by atoms with Crippen molar-refractivity contribution in [2.24, 2.45) is 0 Å². The van der Waals surface area contributed by atoms with Crippen LogP contribution in [0.2, 0.25) is 5.04 Å². The van der Waals surface area contributed by atoms with Gasteiger partial charge in [-0.1, -0.05) is 99.2 Å². The highest BCUT2D eigenvalue weighted by atomic mass is 79.9. The van der Waals surface area contributed by atoms with Gasteiger partial charge in [-0.3, -0.25) is 0 Å². The molecule has 0 unspecified atom stereocenters. The highest BCUT2D eigenvalue weighted by Gasteiger charge is 2.49. The van der Waals surface area contributed by atoms with Gasteiger partial charge in [0.25, 0.3) is 8.32 Å². The van der Waals surface area contributed by atoms with Gasteiger partial charge in [-0.05, 0) is 70.9 Å². The number of hydrogen-bond acceptors (Lipinski definition) is 3. The van der Waals surface area contributed by atoms with E-state index in [2.05, 4.69) is 110 Å². The molecule has 0 spiro atoms. The maximum absolute atomic E-state index is 11.7. The summed E-state index contributed by atoms with van der Waals surface area (Å²) in [5.74, 6) is -0.303. The van der Waals surface area contributed by atoms with Crippen LogP contribution in [0.4, 0.5) is 0 Å². The van der Waals surface area contributed by atoms with Crippen LogP contribution in [-0.2, 0) is 14.0 Å². The van der Waals surface area contributed by atoms with Crippen molar-refractivity contribution in [1.82, 2.24) is 0 Å². The molecular weight excluding hydrogens is 504 g/mol. The van der Waals surface area contributed by atoms with Gasteiger partial charge in [0.05, 0.1) is 11.1 Å². The zero-order valence-corrected chi connectivity index (χ0v) is 23.9. The van der Waals surface area contributed by atoms with Gasteiger partial charge in [0.2, 0.25) is 0 Å². The Bertz CT molecular complexity index is 907. The zero-order valence-electron chi connectivity index (χ0n) is 21.3. The van der Waals surface area contributed by atoms with Crippen LogP contribution in [0.3, 0.4) is 0 Å². The largest absolute Gasteiger partial charge is 0.462 e. The lowest BCUT2D eigenvalue weighted by Gasteiger charge is -2.43. The fraction of sp³-hybridized carbons (Fsp3) is 0.414. The Morgan fingerprint density at radius 1 is 0.971 bits per heavy atom. The second kappa shape index (κ2) is 13.8. The topological polar surface area (TPSA) is 35.5 Å². The molecule has 0 fully saturated rings. The molecule has 3 nitrogen and oxygen atoms in total. The summed E-state index contributed by atoms with van der Waals surface area (Å²) >= 11 is 3.32. The van der Waals surface area contributed by atoms with E-state index in [1.54, 1.807) is 0 Å². The zero-order chi connectivity index (χ0) is 25.0. The van der Waals surface area contributed by atoms with Crippen molar-refractivity contribution >= 4 is 40.6 Å². The molecule has 0 bridgehead atoms. The molecule has 0 saturated carbocycles. The van der Waals surface area contributed by atoms with Crippen molar-refractivity contribution in [3.63, 3.8) is 0 Å². The van der Waals surface area contributed by atoms with Crippen molar-refractivity contribution in [2.75, 3.05) is 13.2 Å². The monoisotopic (exact) mass is 542 g/mol. The lowest BCUT2D eigenvalue weighted by molar-refractivity contribution is -0.137. The van der Waals surface area contributed by atoms with E-state index >= 15 is 0 Å². The molecule has 0 aliphatic carbocycles. The molecule has 34 heavy (non-hydrogen) atoms. The van der Waals surface area contributed by atoms with Crippen LogP contribution in [-0.4, -0.2) is 27.5 Å². The maximum Gasteiger partial charge on any atom is 0.344 e. The van der Waals surface area contributed by atoms with Gasteiger partial charge in [0.1, 0.15) is 0 Å². The Morgan fingerprint density at radius 3 is 2.00 bits per heavy atom. The molecular formula is C29H39BrO3Si. The van der Waals surface area contributed by atoms with Gasteiger partial charge in [0.15, 0.2) is 0 Å². The quantitative estimate of drug-likeness (QED) is 0.0960. The highest BCUT2D eigenvalue weighted by Crippen LogP contribution is 2.37. The molecule has 5 heteroatoms. The Labute approximate surface area is 215 Å². The number of carbonyl (C=O) groups is 1. The van der Waals surface area contributed by atoms with E-state index in [9.17, 15) is 4.79 Å². The molecule has 184 valence electrons. The number of carbonyl (C=O) groups excluding carboxylic acids is 1. The highest BCUT2D eigenvalue weighted by molar-refractivity contribution is 9.12. The molecule has 2 aromatic rings. The summed E-state index contributed by atoms with van der Waals surface area (Å²) in [6, 6.07) is 21.6. The average molecular weight is 544 g/mol. The third-order valence-corrected chi connectivity index (χ3v) is 11.7. The summed E-state index contributed by atoms with van der Waals surface area (Å²) in [4.78, 5) is 11.7. The van der Waals surface area contributed by atoms with Gasteiger partial charge < -0.3 is 9.16 Å². The number of ether oxygens (including phenoxy) is 1. The summed E-state index contributed by atoms with van der Waals surface area (Å²) in [6.07, 6.45) is 7.76. The number of halogens is 1. The van der Waals surface area contributed by atoms with Crippen molar-refractivity contribution < 1.29 is 14.0 Å². The Hall–Kier alpha value is -1.95. The number of rotatable bonds is 12. The number of esters is 1. The molecule has 0 aliphatic heterocycles. The summed E-state index contributed by atoms with van der Waals surface area (Å²) < 4.78 is 12.5. The molecule has 0 N–H and O–H groups in total. The molecule has 0 saturated heterocycles. The molecule has 0 amide bonds. The SMILES string of the molecule is C/C=C(/CC/C=C(\Br)C(=O)OCC)CCCO[Si](c1ccccc1)(c1ccccc1)C(C)(C)C. The van der Waals surface area contributed by atoms with E-state index in [0.717, 1.165) is 25.7 Å². The van der Waals surface area contributed by atoms with Gasteiger partial charge >= 0.3 is 5.97 Å². The first-order valence-electron chi connectivity index (χ1n) is 12.2. The molecule has 2 aromatic carbocycles. The van der Waals surface area contributed by atoms with E-state index in [4.69, 9.17) is 9.16 Å². The molecule has 0 atom stereocenters. The first-order chi connectivity index (χ1) is 16.3. The van der Waals surface area contributed by atoms with E-state index in [-0.39, 0.29) is 11.0 Å². The fourth-order valence-corrected chi connectivity index (χ4v) is 9.32. The summed E-state index contributed by atoms with van der Waals surface area (Å²) in [6.45, 7) is 11.9. The second-order valence-corrected chi connectivity index (χ2v) is 14.5. The Morgan fingerprint density at radius 2 is 1.53 bits per heavy atom. The van der Waals surface area contributed by atoms with Crippen molar-refractivity contribution in [1.29, 1.82) is 0 Å². The van der Waals surface area contributed by atoms with Gasteiger partial charge in [-0.25, -0.2) is 4.79 Å². The summed E-state index contributed by atoms with van der Waals surface area (Å²) in [5, 5.41) is 2.62. The van der Waals surface area contributed by atoms with E-state index in [1.165, 1.54) is 15.9 Å². The first-order valence-corrected chi connectivity index (χ1v) is 14.9. The predicted octanol–water partition coefficient (Wildman–Crippen LogP) is 6.91. The van der Waals surface area contributed by atoms with Crippen LogP contribution < -0.4 is 10.4 Å². The van der Waals surface area contributed by atoms with Gasteiger partial charge in [-0.15, -0.1) is 0 Å². The Balaban J connectivity index is 2.09. The minimum Gasteiger partial charge on any atom is -0.462 e. The lowest BCUT2D eigenvalue weighted by Crippen LogP contribution is -2.66. The number of benzene rings is 2. The third-order valence-electron chi connectivity index (χ3n) is 6.05.